The number of pyridine rings is 1. The predicted octanol–water partition coefficient (Wildman–Crippen LogP) is 3.13. The van der Waals surface area contributed by atoms with Crippen LogP contribution in [0.3, 0.4) is 0 Å². The average molecular weight is 241 g/mol. The van der Waals surface area contributed by atoms with Crippen molar-refractivity contribution in [3.63, 3.8) is 0 Å². The molecule has 0 radical (unpaired) electrons. The number of rotatable bonds is 4. The number of benzene rings is 1. The number of hydrogen-bond donors (Lipinski definition) is 1. The van der Waals surface area contributed by atoms with E-state index in [9.17, 15) is 0 Å². The quantitative estimate of drug-likeness (QED) is 0.891. The predicted molar refractivity (Wildman–Crippen MR) is 76.2 cm³/mol. The molecule has 0 aliphatic heterocycles. The van der Waals surface area contributed by atoms with Crippen molar-refractivity contribution in [2.75, 3.05) is 19.0 Å². The van der Waals surface area contributed by atoms with E-state index >= 15 is 0 Å². The summed E-state index contributed by atoms with van der Waals surface area (Å²) in [6.07, 6.45) is 1.86. The van der Waals surface area contributed by atoms with Crippen molar-refractivity contribution in [3.8, 4) is 0 Å². The van der Waals surface area contributed by atoms with Crippen LogP contribution in [-0.2, 0) is 0 Å². The minimum atomic E-state index is 0.330. The zero-order chi connectivity index (χ0) is 13.0. The molecule has 0 aliphatic carbocycles. The molecule has 1 aromatic carbocycles. The summed E-state index contributed by atoms with van der Waals surface area (Å²) in [5.41, 5.74) is 2.38. The third kappa shape index (κ3) is 2.68. The SMILES string of the molecule is CNC(C)c1ccnc(N(C)c2ccccc2)c1. The summed E-state index contributed by atoms with van der Waals surface area (Å²) in [5, 5.41) is 3.24. The third-order valence-corrected chi connectivity index (χ3v) is 3.19. The number of anilines is 2. The van der Waals surface area contributed by atoms with Crippen LogP contribution in [0.4, 0.5) is 11.5 Å². The van der Waals surface area contributed by atoms with Gasteiger partial charge in [-0.15, -0.1) is 0 Å². The van der Waals surface area contributed by atoms with E-state index in [1.807, 2.05) is 44.6 Å². The van der Waals surface area contributed by atoms with E-state index in [0.29, 0.717) is 6.04 Å². The molecular formula is C15H19N3. The van der Waals surface area contributed by atoms with E-state index in [0.717, 1.165) is 11.5 Å². The number of hydrogen-bond acceptors (Lipinski definition) is 3. The fourth-order valence-corrected chi connectivity index (χ4v) is 1.84. The first-order chi connectivity index (χ1) is 8.72. The Morgan fingerprint density at radius 3 is 2.56 bits per heavy atom. The fourth-order valence-electron chi connectivity index (χ4n) is 1.84. The van der Waals surface area contributed by atoms with Crippen LogP contribution in [0.15, 0.2) is 48.7 Å². The molecule has 0 bridgehead atoms. The number of para-hydroxylation sites is 1. The maximum atomic E-state index is 4.43. The number of nitrogens with zero attached hydrogens (tertiary/aromatic N) is 2. The molecule has 0 saturated carbocycles. The monoisotopic (exact) mass is 241 g/mol. The van der Waals surface area contributed by atoms with Gasteiger partial charge < -0.3 is 10.2 Å². The molecule has 3 heteroatoms. The molecule has 1 atom stereocenters. The van der Waals surface area contributed by atoms with E-state index in [1.165, 1.54) is 5.56 Å². The second kappa shape index (κ2) is 5.65. The largest absolute Gasteiger partial charge is 0.329 e. The van der Waals surface area contributed by atoms with Gasteiger partial charge in [0, 0.05) is 25.0 Å². The highest BCUT2D eigenvalue weighted by Gasteiger charge is 2.08. The second-order valence-electron chi connectivity index (χ2n) is 4.35. The smallest absolute Gasteiger partial charge is 0.132 e. The van der Waals surface area contributed by atoms with Crippen molar-refractivity contribution in [2.24, 2.45) is 0 Å². The van der Waals surface area contributed by atoms with Gasteiger partial charge in [0.1, 0.15) is 5.82 Å². The van der Waals surface area contributed by atoms with Crippen LogP contribution in [0.5, 0.6) is 0 Å². The minimum Gasteiger partial charge on any atom is -0.329 e. The van der Waals surface area contributed by atoms with Crippen LogP contribution < -0.4 is 10.2 Å². The van der Waals surface area contributed by atoms with E-state index in [1.54, 1.807) is 0 Å². The highest BCUT2D eigenvalue weighted by Crippen LogP contribution is 2.23. The molecule has 0 fully saturated rings. The van der Waals surface area contributed by atoms with Crippen molar-refractivity contribution in [2.45, 2.75) is 13.0 Å². The van der Waals surface area contributed by atoms with Crippen molar-refractivity contribution in [1.29, 1.82) is 0 Å². The van der Waals surface area contributed by atoms with E-state index in [-0.39, 0.29) is 0 Å². The summed E-state index contributed by atoms with van der Waals surface area (Å²) in [5.74, 6) is 0.959. The zero-order valence-electron chi connectivity index (χ0n) is 11.1. The Labute approximate surface area is 108 Å². The van der Waals surface area contributed by atoms with Crippen LogP contribution in [0.1, 0.15) is 18.5 Å². The minimum absolute atomic E-state index is 0.330. The highest BCUT2D eigenvalue weighted by atomic mass is 15.2. The van der Waals surface area contributed by atoms with Gasteiger partial charge in [0.05, 0.1) is 0 Å². The molecule has 2 rings (SSSR count). The van der Waals surface area contributed by atoms with Crippen LogP contribution in [-0.4, -0.2) is 19.1 Å². The van der Waals surface area contributed by atoms with Gasteiger partial charge in [0.2, 0.25) is 0 Å². The Morgan fingerprint density at radius 2 is 1.89 bits per heavy atom. The molecule has 3 nitrogen and oxygen atoms in total. The maximum Gasteiger partial charge on any atom is 0.132 e. The lowest BCUT2D eigenvalue weighted by molar-refractivity contribution is 0.651. The van der Waals surface area contributed by atoms with Crippen molar-refractivity contribution in [3.05, 3.63) is 54.2 Å². The topological polar surface area (TPSA) is 28.2 Å². The summed E-state index contributed by atoms with van der Waals surface area (Å²) in [6.45, 7) is 2.14. The summed E-state index contributed by atoms with van der Waals surface area (Å²) in [4.78, 5) is 6.52. The van der Waals surface area contributed by atoms with E-state index in [2.05, 4.69) is 40.3 Å². The lowest BCUT2D eigenvalue weighted by atomic mass is 10.1. The first-order valence-corrected chi connectivity index (χ1v) is 6.14. The molecule has 0 saturated heterocycles. The fraction of sp³-hybridized carbons (Fsp3) is 0.267. The molecule has 2 aromatic rings. The van der Waals surface area contributed by atoms with Gasteiger partial charge in [-0.3, -0.25) is 0 Å². The number of nitrogens with one attached hydrogen (secondary N) is 1. The first-order valence-electron chi connectivity index (χ1n) is 6.14. The van der Waals surface area contributed by atoms with Gasteiger partial charge in [-0.05, 0) is 43.8 Å². The second-order valence-corrected chi connectivity index (χ2v) is 4.35. The molecule has 1 heterocycles. The van der Waals surface area contributed by atoms with Gasteiger partial charge in [-0.25, -0.2) is 4.98 Å². The summed E-state index contributed by atoms with van der Waals surface area (Å²) in [7, 11) is 4.00. The maximum absolute atomic E-state index is 4.43. The van der Waals surface area contributed by atoms with Crippen LogP contribution in [0, 0.1) is 0 Å². The van der Waals surface area contributed by atoms with Crippen molar-refractivity contribution in [1.82, 2.24) is 10.3 Å². The molecule has 0 aliphatic rings. The summed E-state index contributed by atoms with van der Waals surface area (Å²) < 4.78 is 0. The lowest BCUT2D eigenvalue weighted by Gasteiger charge is -2.20. The van der Waals surface area contributed by atoms with Gasteiger partial charge in [-0.1, -0.05) is 18.2 Å². The average Bonchev–Trinajstić information content (AvgIpc) is 2.46. The third-order valence-electron chi connectivity index (χ3n) is 3.19. The van der Waals surface area contributed by atoms with Crippen molar-refractivity contribution < 1.29 is 0 Å². The van der Waals surface area contributed by atoms with Gasteiger partial charge >= 0.3 is 0 Å². The Morgan fingerprint density at radius 1 is 1.17 bits per heavy atom. The first kappa shape index (κ1) is 12.6. The van der Waals surface area contributed by atoms with Crippen LogP contribution in [0.2, 0.25) is 0 Å². The molecule has 1 N–H and O–H groups in total. The van der Waals surface area contributed by atoms with Crippen molar-refractivity contribution >= 4 is 11.5 Å². The summed E-state index contributed by atoms with van der Waals surface area (Å²) >= 11 is 0. The Balaban J connectivity index is 2.28. The highest BCUT2D eigenvalue weighted by molar-refractivity contribution is 5.59. The van der Waals surface area contributed by atoms with E-state index < -0.39 is 0 Å². The summed E-state index contributed by atoms with van der Waals surface area (Å²) in [6, 6.07) is 14.7. The van der Waals surface area contributed by atoms with Gasteiger partial charge in [0.15, 0.2) is 0 Å². The zero-order valence-corrected chi connectivity index (χ0v) is 11.1. The normalized spacial score (nSPS) is 12.2. The Bertz CT molecular complexity index is 496. The van der Waals surface area contributed by atoms with Crippen LogP contribution >= 0.6 is 0 Å². The Hall–Kier alpha value is -1.87. The number of aromatic nitrogens is 1. The standard InChI is InChI=1S/C15H19N3/c1-12(16-2)13-9-10-17-15(11-13)18(3)14-7-5-4-6-8-14/h4-12,16H,1-3H3. The molecular weight excluding hydrogens is 222 g/mol. The molecule has 1 aromatic heterocycles. The van der Waals surface area contributed by atoms with Crippen LogP contribution in [0.25, 0.3) is 0 Å². The molecule has 94 valence electrons. The molecule has 1 unspecified atom stereocenters. The Kier molecular flexibility index (Phi) is 3.95. The lowest BCUT2D eigenvalue weighted by Crippen LogP contribution is -2.15. The van der Waals surface area contributed by atoms with Gasteiger partial charge in [0.25, 0.3) is 0 Å². The molecule has 0 amide bonds. The molecule has 0 spiro atoms. The van der Waals surface area contributed by atoms with Gasteiger partial charge in [-0.2, -0.15) is 0 Å². The van der Waals surface area contributed by atoms with E-state index in [4.69, 9.17) is 0 Å². The molecule has 18 heavy (non-hydrogen) atoms.